The van der Waals surface area contributed by atoms with Gasteiger partial charge in [-0.2, -0.15) is 0 Å². The highest BCUT2D eigenvalue weighted by Crippen LogP contribution is 2.29. The van der Waals surface area contributed by atoms with Gasteiger partial charge in [0.1, 0.15) is 0 Å². The highest BCUT2D eigenvalue weighted by Gasteiger charge is 2.25. The Hall–Kier alpha value is -1.75. The molecule has 2 atom stereocenters. The van der Waals surface area contributed by atoms with Crippen molar-refractivity contribution in [2.24, 2.45) is 11.7 Å². The summed E-state index contributed by atoms with van der Waals surface area (Å²) in [7, 11) is 0. The van der Waals surface area contributed by atoms with Crippen molar-refractivity contribution in [3.05, 3.63) is 23.8 Å². The lowest BCUT2D eigenvalue weighted by Crippen LogP contribution is -2.42. The third kappa shape index (κ3) is 2.41. The van der Waals surface area contributed by atoms with Gasteiger partial charge in [-0.15, -0.1) is 0 Å². The van der Waals surface area contributed by atoms with Gasteiger partial charge in [-0.1, -0.05) is 6.92 Å². The van der Waals surface area contributed by atoms with Gasteiger partial charge in [0.2, 0.25) is 5.91 Å². The van der Waals surface area contributed by atoms with E-state index in [0.717, 1.165) is 18.8 Å². The van der Waals surface area contributed by atoms with E-state index in [1.807, 2.05) is 6.92 Å². The lowest BCUT2D eigenvalue weighted by atomic mass is 9.96. The molecule has 5 heteroatoms. The summed E-state index contributed by atoms with van der Waals surface area (Å²) in [6, 6.07) is 5.05. The number of piperidine rings is 1. The number of hydrogen-bond acceptors (Lipinski definition) is 4. The van der Waals surface area contributed by atoms with Crippen LogP contribution in [-0.4, -0.2) is 30.2 Å². The maximum Gasteiger partial charge on any atom is 0.248 e. The number of aliphatic hydroxyl groups is 1. The van der Waals surface area contributed by atoms with E-state index in [4.69, 9.17) is 11.5 Å². The Morgan fingerprint density at radius 1 is 1.50 bits per heavy atom. The van der Waals surface area contributed by atoms with Gasteiger partial charge >= 0.3 is 0 Å². The highest BCUT2D eigenvalue weighted by molar-refractivity contribution is 5.95. The molecule has 1 fully saturated rings. The number of nitrogen functional groups attached to an aromatic ring is 1. The zero-order chi connectivity index (χ0) is 13.3. The number of carbonyl (C=O) groups excluding carboxylic acids is 1. The van der Waals surface area contributed by atoms with Gasteiger partial charge in [0.25, 0.3) is 0 Å². The molecule has 5 nitrogen and oxygen atoms in total. The van der Waals surface area contributed by atoms with Crippen molar-refractivity contribution >= 4 is 17.3 Å². The van der Waals surface area contributed by atoms with Crippen LogP contribution in [0, 0.1) is 5.92 Å². The first-order chi connectivity index (χ1) is 8.49. The van der Waals surface area contributed by atoms with Crippen molar-refractivity contribution in [1.29, 1.82) is 0 Å². The minimum atomic E-state index is -0.457. The van der Waals surface area contributed by atoms with Gasteiger partial charge in [0, 0.05) is 18.7 Å². The van der Waals surface area contributed by atoms with Gasteiger partial charge in [0.05, 0.1) is 17.5 Å². The number of rotatable bonds is 2. The quantitative estimate of drug-likeness (QED) is 0.668. The Morgan fingerprint density at radius 2 is 2.22 bits per heavy atom. The van der Waals surface area contributed by atoms with Crippen LogP contribution in [-0.2, 0) is 0 Å². The van der Waals surface area contributed by atoms with Crippen molar-refractivity contribution < 1.29 is 9.90 Å². The van der Waals surface area contributed by atoms with E-state index in [1.54, 1.807) is 18.2 Å². The maximum absolute atomic E-state index is 11.2. The molecule has 2 unspecified atom stereocenters. The molecule has 0 aromatic heterocycles. The monoisotopic (exact) mass is 249 g/mol. The summed E-state index contributed by atoms with van der Waals surface area (Å²) < 4.78 is 0. The van der Waals surface area contributed by atoms with E-state index in [9.17, 15) is 9.90 Å². The molecule has 18 heavy (non-hydrogen) atoms. The van der Waals surface area contributed by atoms with Crippen LogP contribution in [0.15, 0.2) is 18.2 Å². The van der Waals surface area contributed by atoms with Crippen molar-refractivity contribution in [2.75, 3.05) is 23.7 Å². The van der Waals surface area contributed by atoms with Crippen molar-refractivity contribution in [3.63, 3.8) is 0 Å². The zero-order valence-corrected chi connectivity index (χ0v) is 10.5. The SMILES string of the molecule is CC1CN(c2cc(C(N)=O)ccc2N)CCC1O. The Balaban J connectivity index is 2.27. The third-order valence-electron chi connectivity index (χ3n) is 3.52. The molecule has 1 saturated heterocycles. The van der Waals surface area contributed by atoms with E-state index in [1.165, 1.54) is 0 Å². The molecule has 0 radical (unpaired) electrons. The predicted molar refractivity (Wildman–Crippen MR) is 71.4 cm³/mol. The van der Waals surface area contributed by atoms with E-state index >= 15 is 0 Å². The van der Waals surface area contributed by atoms with Crippen LogP contribution in [0.1, 0.15) is 23.7 Å². The number of nitrogens with two attached hydrogens (primary N) is 2. The first kappa shape index (κ1) is 12.7. The second-order valence-electron chi connectivity index (χ2n) is 4.92. The van der Waals surface area contributed by atoms with E-state index < -0.39 is 5.91 Å². The van der Waals surface area contributed by atoms with Crippen molar-refractivity contribution in [3.8, 4) is 0 Å². The summed E-state index contributed by atoms with van der Waals surface area (Å²) in [6.07, 6.45) is 0.448. The van der Waals surface area contributed by atoms with Crippen LogP contribution < -0.4 is 16.4 Å². The Labute approximate surface area is 106 Å². The topological polar surface area (TPSA) is 92.6 Å². The van der Waals surface area contributed by atoms with Gasteiger partial charge < -0.3 is 21.5 Å². The minimum absolute atomic E-state index is 0.190. The lowest BCUT2D eigenvalue weighted by molar-refractivity contribution is 0.0969. The van der Waals surface area contributed by atoms with Crippen LogP contribution in [0.25, 0.3) is 0 Å². The van der Waals surface area contributed by atoms with Crippen molar-refractivity contribution in [2.45, 2.75) is 19.4 Å². The molecule has 1 amide bonds. The second kappa shape index (κ2) is 4.86. The number of benzene rings is 1. The van der Waals surface area contributed by atoms with Gasteiger partial charge in [-0.3, -0.25) is 4.79 Å². The first-order valence-electron chi connectivity index (χ1n) is 6.11. The summed E-state index contributed by atoms with van der Waals surface area (Å²) in [5.41, 5.74) is 13.1. The van der Waals surface area contributed by atoms with E-state index in [0.29, 0.717) is 17.7 Å². The van der Waals surface area contributed by atoms with E-state index in [2.05, 4.69) is 4.90 Å². The molecule has 0 spiro atoms. The van der Waals surface area contributed by atoms with Gasteiger partial charge in [-0.25, -0.2) is 0 Å². The van der Waals surface area contributed by atoms with Gasteiger partial charge in [-0.05, 0) is 30.5 Å². The van der Waals surface area contributed by atoms with Crippen molar-refractivity contribution in [1.82, 2.24) is 0 Å². The van der Waals surface area contributed by atoms with Crippen LogP contribution in [0.3, 0.4) is 0 Å². The summed E-state index contributed by atoms with van der Waals surface area (Å²) in [6.45, 7) is 3.47. The Morgan fingerprint density at radius 3 is 2.83 bits per heavy atom. The number of carbonyl (C=O) groups is 1. The molecule has 2 rings (SSSR count). The second-order valence-corrected chi connectivity index (χ2v) is 4.92. The van der Waals surface area contributed by atoms with Crippen LogP contribution >= 0.6 is 0 Å². The summed E-state index contributed by atoms with van der Waals surface area (Å²) in [4.78, 5) is 13.3. The van der Waals surface area contributed by atoms with E-state index in [-0.39, 0.29) is 12.0 Å². The third-order valence-corrected chi connectivity index (χ3v) is 3.52. The average Bonchev–Trinajstić information content (AvgIpc) is 2.33. The molecular formula is C13H19N3O2. The maximum atomic E-state index is 11.2. The average molecular weight is 249 g/mol. The molecule has 0 saturated carbocycles. The summed E-state index contributed by atoms with van der Waals surface area (Å²) in [5.74, 6) is -0.267. The fourth-order valence-electron chi connectivity index (χ4n) is 2.32. The number of primary amides is 1. The number of amides is 1. The molecule has 1 aromatic carbocycles. The normalized spacial score (nSPS) is 24.0. The molecule has 98 valence electrons. The standard InChI is InChI=1S/C13H19N3O2/c1-8-7-16(5-4-12(8)17)11-6-9(13(15)18)2-3-10(11)14/h2-3,6,8,12,17H,4-5,7,14H2,1H3,(H2,15,18). The Bertz CT molecular complexity index is 462. The molecule has 0 bridgehead atoms. The number of anilines is 2. The fourth-order valence-corrected chi connectivity index (χ4v) is 2.32. The van der Waals surface area contributed by atoms with Crippen LogP contribution in [0.2, 0.25) is 0 Å². The minimum Gasteiger partial charge on any atom is -0.397 e. The smallest absolute Gasteiger partial charge is 0.248 e. The molecule has 1 heterocycles. The lowest BCUT2D eigenvalue weighted by Gasteiger charge is -2.36. The number of nitrogens with zero attached hydrogens (tertiary/aromatic N) is 1. The summed E-state index contributed by atoms with van der Waals surface area (Å²) in [5, 5.41) is 9.72. The largest absolute Gasteiger partial charge is 0.397 e. The molecule has 1 aliphatic heterocycles. The Kier molecular flexibility index (Phi) is 3.43. The summed E-state index contributed by atoms with van der Waals surface area (Å²) >= 11 is 0. The highest BCUT2D eigenvalue weighted by atomic mass is 16.3. The number of aliphatic hydroxyl groups excluding tert-OH is 1. The van der Waals surface area contributed by atoms with Crippen LogP contribution in [0.5, 0.6) is 0 Å². The molecular weight excluding hydrogens is 230 g/mol. The predicted octanol–water partition coefficient (Wildman–Crippen LogP) is 0.575. The first-order valence-corrected chi connectivity index (χ1v) is 6.11. The molecule has 1 aromatic rings. The zero-order valence-electron chi connectivity index (χ0n) is 10.5. The molecule has 1 aliphatic rings. The van der Waals surface area contributed by atoms with Gasteiger partial charge in [0.15, 0.2) is 0 Å². The number of hydrogen-bond donors (Lipinski definition) is 3. The molecule has 0 aliphatic carbocycles. The van der Waals surface area contributed by atoms with Crippen LogP contribution in [0.4, 0.5) is 11.4 Å². The fraction of sp³-hybridized carbons (Fsp3) is 0.462. The molecule has 5 N–H and O–H groups in total.